The number of nitro benzene ring substituents is 1. The lowest BCUT2D eigenvalue weighted by Crippen LogP contribution is -2.22. The van der Waals surface area contributed by atoms with Gasteiger partial charge < -0.3 is 0 Å². The van der Waals surface area contributed by atoms with E-state index in [9.17, 15) is 14.9 Å². The highest BCUT2D eigenvalue weighted by atomic mass is 35.5. The highest BCUT2D eigenvalue weighted by Gasteiger charge is 2.11. The summed E-state index contributed by atoms with van der Waals surface area (Å²) in [5.74, 6) is 0. The quantitative estimate of drug-likeness (QED) is 0.644. The highest BCUT2D eigenvalue weighted by Crippen LogP contribution is 2.22. The Morgan fingerprint density at radius 1 is 1.37 bits per heavy atom. The zero-order chi connectivity index (χ0) is 14.0. The van der Waals surface area contributed by atoms with Gasteiger partial charge in [-0.2, -0.15) is 0 Å². The van der Waals surface area contributed by atoms with Crippen LogP contribution in [0.15, 0.2) is 35.4 Å². The van der Waals surface area contributed by atoms with Gasteiger partial charge in [0.15, 0.2) is 0 Å². The van der Waals surface area contributed by atoms with Crippen molar-refractivity contribution in [2.75, 3.05) is 0 Å². The van der Waals surface area contributed by atoms with Crippen molar-refractivity contribution in [3.05, 3.63) is 66.8 Å². The minimum absolute atomic E-state index is 0.0624. The molecule has 1 heterocycles. The van der Waals surface area contributed by atoms with E-state index in [1.165, 1.54) is 35.2 Å². The first-order chi connectivity index (χ1) is 8.97. The molecule has 0 aliphatic carbocycles. The van der Waals surface area contributed by atoms with Crippen molar-refractivity contribution in [3.63, 3.8) is 0 Å². The molecule has 2 rings (SSSR count). The molecule has 0 amide bonds. The molecule has 1 aromatic heterocycles. The molecule has 0 unspecified atom stereocenters. The van der Waals surface area contributed by atoms with Crippen LogP contribution in [0.4, 0.5) is 5.69 Å². The normalized spacial score (nSPS) is 10.4. The molecule has 0 saturated carbocycles. The molecule has 2 aromatic rings. The zero-order valence-corrected chi connectivity index (χ0v) is 10.9. The third-order valence-electron chi connectivity index (χ3n) is 2.40. The smallest absolute Gasteiger partial charge is 0.293 e. The van der Waals surface area contributed by atoms with E-state index in [0.717, 1.165) is 0 Å². The van der Waals surface area contributed by atoms with E-state index in [4.69, 9.17) is 23.2 Å². The van der Waals surface area contributed by atoms with Crippen LogP contribution in [0.25, 0.3) is 0 Å². The average Bonchev–Trinajstić information content (AvgIpc) is 2.36. The monoisotopic (exact) mass is 299 g/mol. The summed E-state index contributed by atoms with van der Waals surface area (Å²) in [6, 6.07) is 4.03. The van der Waals surface area contributed by atoms with Gasteiger partial charge in [-0.3, -0.25) is 14.7 Å². The van der Waals surface area contributed by atoms with Gasteiger partial charge in [-0.15, -0.1) is 0 Å². The number of nitrogens with zero attached hydrogens (tertiary/aromatic N) is 3. The fourth-order valence-corrected chi connectivity index (χ4v) is 1.87. The van der Waals surface area contributed by atoms with E-state index < -0.39 is 10.6 Å². The molecule has 0 radical (unpaired) electrons. The first-order valence-corrected chi connectivity index (χ1v) is 5.88. The van der Waals surface area contributed by atoms with Crippen LogP contribution in [0.2, 0.25) is 10.0 Å². The molecule has 0 fully saturated rings. The number of halogens is 2. The third-order valence-corrected chi connectivity index (χ3v) is 2.97. The number of rotatable bonds is 3. The van der Waals surface area contributed by atoms with Crippen LogP contribution in [0.1, 0.15) is 5.56 Å². The Kier molecular flexibility index (Phi) is 3.82. The lowest BCUT2D eigenvalue weighted by molar-refractivity contribution is -0.384. The van der Waals surface area contributed by atoms with E-state index in [1.54, 1.807) is 0 Å². The number of benzene rings is 1. The summed E-state index contributed by atoms with van der Waals surface area (Å²) in [5.41, 5.74) is -0.156. The lowest BCUT2D eigenvalue weighted by Gasteiger charge is -2.07. The Morgan fingerprint density at radius 2 is 2.11 bits per heavy atom. The van der Waals surface area contributed by atoms with Gasteiger partial charge in [0.25, 0.3) is 5.69 Å². The molecular weight excluding hydrogens is 293 g/mol. The van der Waals surface area contributed by atoms with Crippen molar-refractivity contribution in [3.8, 4) is 0 Å². The largest absolute Gasteiger partial charge is 0.347 e. The van der Waals surface area contributed by atoms with Gasteiger partial charge in [0, 0.05) is 23.4 Å². The van der Waals surface area contributed by atoms with Crippen molar-refractivity contribution >= 4 is 28.9 Å². The molecule has 0 aliphatic rings. The molecule has 0 bridgehead atoms. The van der Waals surface area contributed by atoms with Gasteiger partial charge in [-0.05, 0) is 11.6 Å². The fraction of sp³-hybridized carbons (Fsp3) is 0.0909. The summed E-state index contributed by atoms with van der Waals surface area (Å²) in [6.45, 7) is 0.0624. The molecule has 8 heteroatoms. The van der Waals surface area contributed by atoms with Gasteiger partial charge in [0.2, 0.25) is 0 Å². The maximum Gasteiger partial charge on any atom is 0.347 e. The second-order valence-electron chi connectivity index (χ2n) is 3.72. The topological polar surface area (TPSA) is 78.0 Å². The molecule has 0 atom stereocenters. The number of non-ortho nitro benzene ring substituents is 1. The Balaban J connectivity index is 2.43. The van der Waals surface area contributed by atoms with Gasteiger partial charge in [0.05, 0.1) is 22.7 Å². The number of hydrogen-bond donors (Lipinski definition) is 0. The predicted octanol–water partition coefficient (Wildman–Crippen LogP) is 2.51. The fourth-order valence-electron chi connectivity index (χ4n) is 1.52. The maximum atomic E-state index is 11.5. The van der Waals surface area contributed by atoms with E-state index in [-0.39, 0.29) is 12.2 Å². The summed E-state index contributed by atoms with van der Waals surface area (Å²) >= 11 is 11.7. The highest BCUT2D eigenvalue weighted by molar-refractivity contribution is 6.31. The van der Waals surface area contributed by atoms with E-state index in [2.05, 4.69) is 4.98 Å². The summed E-state index contributed by atoms with van der Waals surface area (Å²) in [7, 11) is 0. The van der Waals surface area contributed by atoms with E-state index in [1.807, 2.05) is 0 Å². The van der Waals surface area contributed by atoms with Crippen molar-refractivity contribution in [2.45, 2.75) is 6.54 Å². The van der Waals surface area contributed by atoms with Gasteiger partial charge >= 0.3 is 5.69 Å². The van der Waals surface area contributed by atoms with Crippen LogP contribution in [0, 0.1) is 10.1 Å². The van der Waals surface area contributed by atoms with Gasteiger partial charge in [-0.1, -0.05) is 23.2 Å². The molecule has 0 aliphatic heterocycles. The zero-order valence-electron chi connectivity index (χ0n) is 9.42. The van der Waals surface area contributed by atoms with Crippen LogP contribution in [-0.2, 0) is 6.54 Å². The van der Waals surface area contributed by atoms with Crippen LogP contribution in [-0.4, -0.2) is 14.5 Å². The predicted molar refractivity (Wildman–Crippen MR) is 70.7 cm³/mol. The molecule has 0 spiro atoms. The van der Waals surface area contributed by atoms with Crippen molar-refractivity contribution in [1.29, 1.82) is 0 Å². The summed E-state index contributed by atoms with van der Waals surface area (Å²) in [4.78, 5) is 25.3. The SMILES string of the molecule is O=c1ncc(Cl)cn1Cc1cc([N+](=O)[O-])ccc1Cl. The van der Waals surface area contributed by atoms with Crippen LogP contribution < -0.4 is 5.69 Å². The molecule has 6 nitrogen and oxygen atoms in total. The van der Waals surface area contributed by atoms with Crippen LogP contribution in [0.5, 0.6) is 0 Å². The van der Waals surface area contributed by atoms with Gasteiger partial charge in [0.1, 0.15) is 0 Å². The Labute approximate surface area is 117 Å². The molecule has 1 aromatic carbocycles. The van der Waals surface area contributed by atoms with Crippen LogP contribution in [0.3, 0.4) is 0 Å². The molecule has 19 heavy (non-hydrogen) atoms. The van der Waals surface area contributed by atoms with Crippen molar-refractivity contribution in [1.82, 2.24) is 9.55 Å². The molecule has 98 valence electrons. The van der Waals surface area contributed by atoms with E-state index in [0.29, 0.717) is 15.6 Å². The Morgan fingerprint density at radius 3 is 2.79 bits per heavy atom. The number of hydrogen-bond acceptors (Lipinski definition) is 4. The minimum atomic E-state index is -0.529. The molecule has 0 saturated heterocycles. The molecule has 0 N–H and O–H groups in total. The number of nitro groups is 1. The third kappa shape index (κ3) is 3.10. The summed E-state index contributed by atoms with van der Waals surface area (Å²) in [5, 5.41) is 11.3. The minimum Gasteiger partial charge on any atom is -0.293 e. The first-order valence-electron chi connectivity index (χ1n) is 5.12. The summed E-state index contributed by atoms with van der Waals surface area (Å²) < 4.78 is 1.23. The standard InChI is InChI=1S/C11H7Cl2N3O3/c12-8-4-14-11(17)15(6-8)5-7-3-9(16(18)19)1-2-10(7)13/h1-4,6H,5H2. The van der Waals surface area contributed by atoms with E-state index >= 15 is 0 Å². The van der Waals surface area contributed by atoms with Crippen LogP contribution >= 0.6 is 23.2 Å². The first kappa shape index (κ1) is 13.5. The van der Waals surface area contributed by atoms with Crippen molar-refractivity contribution < 1.29 is 4.92 Å². The second-order valence-corrected chi connectivity index (χ2v) is 4.56. The Hall–Kier alpha value is -1.92. The Bertz CT molecular complexity index is 700. The lowest BCUT2D eigenvalue weighted by atomic mass is 10.2. The molecular formula is C11H7Cl2N3O3. The van der Waals surface area contributed by atoms with Gasteiger partial charge in [-0.25, -0.2) is 9.78 Å². The average molecular weight is 300 g/mol. The van der Waals surface area contributed by atoms with Crippen molar-refractivity contribution in [2.24, 2.45) is 0 Å². The number of aromatic nitrogens is 2. The summed E-state index contributed by atoms with van der Waals surface area (Å²) in [6.07, 6.45) is 2.63. The second kappa shape index (κ2) is 5.38. The maximum absolute atomic E-state index is 11.5.